The lowest BCUT2D eigenvalue weighted by atomic mass is 9.96. The third-order valence-electron chi connectivity index (χ3n) is 2.58. The van der Waals surface area contributed by atoms with E-state index in [4.69, 9.17) is 16.3 Å². The van der Waals surface area contributed by atoms with Crippen molar-refractivity contribution in [3.63, 3.8) is 0 Å². The van der Waals surface area contributed by atoms with Crippen molar-refractivity contribution in [1.82, 2.24) is 0 Å². The maximum Gasteiger partial charge on any atom is 0.130 e. The summed E-state index contributed by atoms with van der Waals surface area (Å²) in [7, 11) is 0. The number of ether oxygens (including phenoxy) is 1. The zero-order valence-corrected chi connectivity index (χ0v) is 12.6. The molecule has 0 atom stereocenters. The van der Waals surface area contributed by atoms with Gasteiger partial charge in [0.25, 0.3) is 0 Å². The van der Waals surface area contributed by atoms with Gasteiger partial charge in [0.1, 0.15) is 5.82 Å². The first-order valence-corrected chi connectivity index (χ1v) is 7.19. The highest BCUT2D eigenvalue weighted by atomic mass is 35.5. The summed E-state index contributed by atoms with van der Waals surface area (Å²) < 4.78 is 18.8. The average molecular weight is 275 g/mol. The second-order valence-electron chi connectivity index (χ2n) is 3.56. The van der Waals surface area contributed by atoms with E-state index in [1.165, 1.54) is 12.5 Å². The van der Waals surface area contributed by atoms with E-state index in [1.54, 1.807) is 12.1 Å². The molecular formula is C15H24ClFO. The standard InChI is InChI=1S/C11H12ClFO.2C2H6/c12-10-5-2-6-11(13)9(10)7-14-8-3-1-4-8;2*1-2/h2,5-6,8H,1,3-4,7H2;2*1-2H3. The summed E-state index contributed by atoms with van der Waals surface area (Å²) in [6, 6.07) is 4.69. The molecule has 1 aliphatic rings. The summed E-state index contributed by atoms with van der Waals surface area (Å²) >= 11 is 5.85. The fourth-order valence-corrected chi connectivity index (χ4v) is 1.63. The van der Waals surface area contributed by atoms with Crippen LogP contribution in [0.15, 0.2) is 18.2 Å². The highest BCUT2D eigenvalue weighted by Crippen LogP contribution is 2.26. The molecule has 2 rings (SSSR count). The first-order valence-electron chi connectivity index (χ1n) is 6.82. The Morgan fingerprint density at radius 2 is 1.83 bits per heavy atom. The lowest BCUT2D eigenvalue weighted by molar-refractivity contribution is -0.00971. The molecule has 1 aromatic rings. The molecule has 0 aromatic heterocycles. The van der Waals surface area contributed by atoms with Crippen LogP contribution in [0, 0.1) is 5.82 Å². The van der Waals surface area contributed by atoms with Gasteiger partial charge in [0.15, 0.2) is 0 Å². The molecule has 0 spiro atoms. The van der Waals surface area contributed by atoms with Crippen molar-refractivity contribution >= 4 is 11.6 Å². The molecule has 1 saturated carbocycles. The van der Waals surface area contributed by atoms with Crippen molar-refractivity contribution in [3.05, 3.63) is 34.6 Å². The molecule has 18 heavy (non-hydrogen) atoms. The summed E-state index contributed by atoms with van der Waals surface area (Å²) in [6.45, 7) is 8.29. The highest BCUT2D eigenvalue weighted by Gasteiger charge is 2.18. The molecule has 1 fully saturated rings. The summed E-state index contributed by atoms with van der Waals surface area (Å²) in [5.74, 6) is -0.281. The van der Waals surface area contributed by atoms with Crippen LogP contribution in [0.2, 0.25) is 5.02 Å². The van der Waals surface area contributed by atoms with Crippen LogP contribution in [0.25, 0.3) is 0 Å². The van der Waals surface area contributed by atoms with E-state index in [2.05, 4.69) is 0 Å². The summed E-state index contributed by atoms with van der Waals surface area (Å²) in [5.41, 5.74) is 0.473. The molecule has 0 aliphatic heterocycles. The molecule has 1 aromatic carbocycles. The van der Waals surface area contributed by atoms with E-state index in [0.29, 0.717) is 16.7 Å². The maximum atomic E-state index is 13.3. The zero-order chi connectivity index (χ0) is 14.0. The lowest BCUT2D eigenvalue weighted by Crippen LogP contribution is -2.21. The fourth-order valence-electron chi connectivity index (χ4n) is 1.41. The quantitative estimate of drug-likeness (QED) is 0.697. The normalized spacial score (nSPS) is 13.7. The summed E-state index contributed by atoms with van der Waals surface area (Å²) in [6.07, 6.45) is 3.71. The Morgan fingerprint density at radius 1 is 1.22 bits per heavy atom. The molecule has 0 amide bonds. The van der Waals surface area contributed by atoms with Crippen molar-refractivity contribution < 1.29 is 9.13 Å². The Labute approximate surface area is 115 Å². The van der Waals surface area contributed by atoms with Gasteiger partial charge in [-0.25, -0.2) is 4.39 Å². The number of halogens is 2. The van der Waals surface area contributed by atoms with Gasteiger partial charge in [-0.1, -0.05) is 45.4 Å². The van der Waals surface area contributed by atoms with Crippen molar-refractivity contribution in [2.75, 3.05) is 0 Å². The molecule has 0 bridgehead atoms. The van der Waals surface area contributed by atoms with Crippen molar-refractivity contribution in [1.29, 1.82) is 0 Å². The van der Waals surface area contributed by atoms with Crippen molar-refractivity contribution in [2.24, 2.45) is 0 Å². The van der Waals surface area contributed by atoms with Crippen LogP contribution >= 0.6 is 11.6 Å². The summed E-state index contributed by atoms with van der Waals surface area (Å²) in [5, 5.41) is 0.448. The predicted molar refractivity (Wildman–Crippen MR) is 76.5 cm³/mol. The first-order chi connectivity index (χ1) is 8.77. The van der Waals surface area contributed by atoms with E-state index in [-0.39, 0.29) is 12.4 Å². The van der Waals surface area contributed by atoms with Crippen LogP contribution in [0.1, 0.15) is 52.5 Å². The molecular weight excluding hydrogens is 251 g/mol. The minimum atomic E-state index is -0.281. The van der Waals surface area contributed by atoms with Gasteiger partial charge in [-0.3, -0.25) is 0 Å². The molecule has 3 heteroatoms. The Bertz CT molecular complexity index is 304. The monoisotopic (exact) mass is 274 g/mol. The Hall–Kier alpha value is -0.600. The molecule has 1 aliphatic carbocycles. The van der Waals surface area contributed by atoms with Gasteiger partial charge in [0.05, 0.1) is 12.7 Å². The van der Waals surface area contributed by atoms with Crippen LogP contribution in [0.3, 0.4) is 0 Å². The van der Waals surface area contributed by atoms with Gasteiger partial charge in [-0.2, -0.15) is 0 Å². The number of benzene rings is 1. The van der Waals surface area contributed by atoms with E-state index in [0.717, 1.165) is 12.8 Å². The van der Waals surface area contributed by atoms with Crippen LogP contribution in [-0.4, -0.2) is 6.10 Å². The minimum absolute atomic E-state index is 0.281. The molecule has 1 nitrogen and oxygen atoms in total. The third kappa shape index (κ3) is 5.36. The van der Waals surface area contributed by atoms with Crippen molar-refractivity contribution in [3.8, 4) is 0 Å². The number of hydrogen-bond acceptors (Lipinski definition) is 1. The van der Waals surface area contributed by atoms with E-state index in [9.17, 15) is 4.39 Å². The van der Waals surface area contributed by atoms with E-state index >= 15 is 0 Å². The number of rotatable bonds is 3. The second kappa shape index (κ2) is 10.3. The molecule has 0 N–H and O–H groups in total. The predicted octanol–water partition coefficient (Wildman–Crippen LogP) is 5.60. The topological polar surface area (TPSA) is 9.23 Å². The Morgan fingerprint density at radius 3 is 2.28 bits per heavy atom. The smallest absolute Gasteiger partial charge is 0.130 e. The third-order valence-corrected chi connectivity index (χ3v) is 2.93. The molecule has 0 heterocycles. The lowest BCUT2D eigenvalue weighted by Gasteiger charge is -2.25. The van der Waals surface area contributed by atoms with Crippen LogP contribution in [0.4, 0.5) is 4.39 Å². The maximum absolute atomic E-state index is 13.3. The number of hydrogen-bond donors (Lipinski definition) is 0. The van der Waals surface area contributed by atoms with Crippen LogP contribution < -0.4 is 0 Å². The van der Waals surface area contributed by atoms with Crippen LogP contribution in [0.5, 0.6) is 0 Å². The van der Waals surface area contributed by atoms with Gasteiger partial charge >= 0.3 is 0 Å². The molecule has 104 valence electrons. The average Bonchev–Trinajstić information content (AvgIpc) is 2.36. The van der Waals surface area contributed by atoms with Crippen LogP contribution in [-0.2, 0) is 11.3 Å². The Kier molecular flexibility index (Phi) is 9.99. The Balaban J connectivity index is 0.000000659. The molecule has 0 unspecified atom stereocenters. The highest BCUT2D eigenvalue weighted by molar-refractivity contribution is 6.31. The second-order valence-corrected chi connectivity index (χ2v) is 3.97. The molecule has 0 saturated heterocycles. The minimum Gasteiger partial charge on any atom is -0.373 e. The largest absolute Gasteiger partial charge is 0.373 e. The SMILES string of the molecule is CC.CC.Fc1cccc(Cl)c1COC1CCC1. The van der Waals surface area contributed by atoms with Gasteiger partial charge < -0.3 is 4.74 Å². The summed E-state index contributed by atoms with van der Waals surface area (Å²) in [4.78, 5) is 0. The van der Waals surface area contributed by atoms with Crippen molar-refractivity contribution in [2.45, 2.75) is 59.7 Å². The molecule has 0 radical (unpaired) electrons. The van der Waals surface area contributed by atoms with E-state index in [1.807, 2.05) is 27.7 Å². The van der Waals surface area contributed by atoms with Gasteiger partial charge in [0.2, 0.25) is 0 Å². The van der Waals surface area contributed by atoms with Gasteiger partial charge in [-0.15, -0.1) is 0 Å². The van der Waals surface area contributed by atoms with Gasteiger partial charge in [0, 0.05) is 10.6 Å². The zero-order valence-electron chi connectivity index (χ0n) is 11.8. The van der Waals surface area contributed by atoms with Gasteiger partial charge in [-0.05, 0) is 31.4 Å². The first kappa shape index (κ1) is 17.4. The fraction of sp³-hybridized carbons (Fsp3) is 0.600. The van der Waals surface area contributed by atoms with E-state index < -0.39 is 0 Å².